The van der Waals surface area contributed by atoms with Gasteiger partial charge in [0.1, 0.15) is 5.82 Å². The van der Waals surface area contributed by atoms with Crippen LogP contribution in [0.1, 0.15) is 30.1 Å². The van der Waals surface area contributed by atoms with E-state index >= 15 is 0 Å². The van der Waals surface area contributed by atoms with Gasteiger partial charge in [-0.05, 0) is 32.5 Å². The normalized spacial score (nSPS) is 22.9. The fourth-order valence-electron chi connectivity index (χ4n) is 2.55. The summed E-state index contributed by atoms with van der Waals surface area (Å²) in [6, 6.07) is 6.25. The number of hydrogen-bond acceptors (Lipinski definition) is 3. The first-order valence-electron chi connectivity index (χ1n) is 6.68. The van der Waals surface area contributed by atoms with Gasteiger partial charge in [0.05, 0.1) is 6.10 Å². The van der Waals surface area contributed by atoms with Gasteiger partial charge in [0.15, 0.2) is 5.78 Å². The molecule has 0 saturated carbocycles. The van der Waals surface area contributed by atoms with Gasteiger partial charge in [0, 0.05) is 31.2 Å². The molecular weight excluding hydrogens is 245 g/mol. The summed E-state index contributed by atoms with van der Waals surface area (Å²) in [5.41, 5.74) is 0.448. The third-order valence-corrected chi connectivity index (χ3v) is 3.74. The summed E-state index contributed by atoms with van der Waals surface area (Å²) < 4.78 is 18.6. The number of carbonyl (C=O) groups is 1. The van der Waals surface area contributed by atoms with Gasteiger partial charge < -0.3 is 9.64 Å². The van der Waals surface area contributed by atoms with Crippen molar-refractivity contribution in [1.29, 1.82) is 0 Å². The summed E-state index contributed by atoms with van der Waals surface area (Å²) in [4.78, 5) is 14.1. The second-order valence-electron chi connectivity index (χ2n) is 5.10. The average molecular weight is 265 g/mol. The zero-order chi connectivity index (χ0) is 13.8. The molecule has 1 saturated heterocycles. The number of nitrogens with zero attached hydrogens (tertiary/aromatic N) is 1. The average Bonchev–Trinajstić information content (AvgIpc) is 2.82. The fraction of sp³-hybridized carbons (Fsp3) is 0.533. The van der Waals surface area contributed by atoms with Crippen molar-refractivity contribution < 1.29 is 13.9 Å². The van der Waals surface area contributed by atoms with E-state index in [9.17, 15) is 9.18 Å². The molecule has 1 heterocycles. The van der Waals surface area contributed by atoms with E-state index in [1.54, 1.807) is 12.1 Å². The van der Waals surface area contributed by atoms with E-state index in [0.29, 0.717) is 24.6 Å². The topological polar surface area (TPSA) is 29.5 Å². The van der Waals surface area contributed by atoms with Crippen molar-refractivity contribution in [2.45, 2.75) is 31.9 Å². The Morgan fingerprint density at radius 1 is 1.53 bits per heavy atom. The number of benzene rings is 1. The summed E-state index contributed by atoms with van der Waals surface area (Å²) in [7, 11) is 2.01. The number of ketones is 1. The number of halogens is 1. The number of hydrogen-bond donors (Lipinski definition) is 0. The number of carbonyl (C=O) groups excluding carboxylic acids is 1. The van der Waals surface area contributed by atoms with Crippen LogP contribution in [0, 0.1) is 5.82 Å². The number of likely N-dealkylation sites (N-methyl/N-ethyl adjacent to an activating group) is 1. The van der Waals surface area contributed by atoms with Crippen molar-refractivity contribution in [3.8, 4) is 0 Å². The van der Waals surface area contributed by atoms with Crippen molar-refractivity contribution in [3.05, 3.63) is 35.6 Å². The fourth-order valence-corrected chi connectivity index (χ4v) is 2.55. The van der Waals surface area contributed by atoms with Gasteiger partial charge in [0.2, 0.25) is 0 Å². The minimum Gasteiger partial charge on any atom is -0.377 e. The molecule has 2 rings (SSSR count). The SMILES string of the molecule is CC1OCCC1N(C)CCC(=O)c1cccc(F)c1. The quantitative estimate of drug-likeness (QED) is 0.766. The van der Waals surface area contributed by atoms with Crippen LogP contribution in [0.5, 0.6) is 0 Å². The maximum atomic E-state index is 13.0. The number of ether oxygens (including phenoxy) is 1. The molecule has 1 aromatic carbocycles. The van der Waals surface area contributed by atoms with E-state index in [4.69, 9.17) is 4.74 Å². The summed E-state index contributed by atoms with van der Waals surface area (Å²) in [6.45, 7) is 3.52. The van der Waals surface area contributed by atoms with Gasteiger partial charge in [-0.1, -0.05) is 12.1 Å². The van der Waals surface area contributed by atoms with E-state index in [1.807, 2.05) is 7.05 Å². The van der Waals surface area contributed by atoms with Gasteiger partial charge in [-0.3, -0.25) is 4.79 Å². The Hall–Kier alpha value is -1.26. The first kappa shape index (κ1) is 14.2. The molecule has 2 atom stereocenters. The molecule has 1 fully saturated rings. The van der Waals surface area contributed by atoms with Crippen molar-refractivity contribution in [2.75, 3.05) is 20.2 Å². The minimum absolute atomic E-state index is 0.0158. The van der Waals surface area contributed by atoms with Crippen molar-refractivity contribution in [1.82, 2.24) is 4.90 Å². The highest BCUT2D eigenvalue weighted by Gasteiger charge is 2.27. The van der Waals surface area contributed by atoms with E-state index in [-0.39, 0.29) is 17.7 Å². The summed E-state index contributed by atoms with van der Waals surface area (Å²) >= 11 is 0. The highest BCUT2D eigenvalue weighted by atomic mass is 19.1. The summed E-state index contributed by atoms with van der Waals surface area (Å²) in [5, 5.41) is 0. The molecule has 19 heavy (non-hydrogen) atoms. The van der Waals surface area contributed by atoms with Crippen molar-refractivity contribution >= 4 is 5.78 Å². The molecule has 4 heteroatoms. The lowest BCUT2D eigenvalue weighted by molar-refractivity contribution is 0.0793. The second kappa shape index (κ2) is 6.26. The van der Waals surface area contributed by atoms with Crippen LogP contribution in [-0.4, -0.2) is 43.0 Å². The lowest BCUT2D eigenvalue weighted by Crippen LogP contribution is -2.37. The van der Waals surface area contributed by atoms with Crippen LogP contribution in [0.25, 0.3) is 0 Å². The smallest absolute Gasteiger partial charge is 0.164 e. The Morgan fingerprint density at radius 3 is 2.95 bits per heavy atom. The Morgan fingerprint density at radius 2 is 2.32 bits per heavy atom. The molecule has 0 spiro atoms. The van der Waals surface area contributed by atoms with Crippen LogP contribution in [0.2, 0.25) is 0 Å². The Balaban J connectivity index is 1.86. The predicted octanol–water partition coefficient (Wildman–Crippen LogP) is 2.51. The molecule has 1 aromatic rings. The van der Waals surface area contributed by atoms with Crippen molar-refractivity contribution in [2.24, 2.45) is 0 Å². The lowest BCUT2D eigenvalue weighted by Gasteiger charge is -2.26. The Bertz CT molecular complexity index is 450. The van der Waals surface area contributed by atoms with Crippen molar-refractivity contribution in [3.63, 3.8) is 0 Å². The molecule has 0 amide bonds. The number of Topliss-reactive ketones (excluding diaryl/α,β-unsaturated/α-hetero) is 1. The molecule has 1 aliphatic heterocycles. The Labute approximate surface area is 113 Å². The number of rotatable bonds is 5. The molecule has 3 nitrogen and oxygen atoms in total. The molecule has 0 bridgehead atoms. The van der Waals surface area contributed by atoms with Gasteiger partial charge in [-0.15, -0.1) is 0 Å². The van der Waals surface area contributed by atoms with Gasteiger partial charge in [-0.2, -0.15) is 0 Å². The first-order valence-corrected chi connectivity index (χ1v) is 6.68. The van der Waals surface area contributed by atoms with Crippen LogP contribution in [0.4, 0.5) is 4.39 Å². The molecule has 0 aliphatic carbocycles. The summed E-state index contributed by atoms with van der Waals surface area (Å²) in [5.74, 6) is -0.380. The van der Waals surface area contributed by atoms with Crippen LogP contribution in [0.3, 0.4) is 0 Å². The van der Waals surface area contributed by atoms with Crippen LogP contribution in [0.15, 0.2) is 24.3 Å². The molecular formula is C15H20FNO2. The van der Waals surface area contributed by atoms with Gasteiger partial charge in [0.25, 0.3) is 0 Å². The molecule has 0 N–H and O–H groups in total. The molecule has 2 unspecified atom stereocenters. The van der Waals surface area contributed by atoms with E-state index in [0.717, 1.165) is 13.0 Å². The van der Waals surface area contributed by atoms with E-state index < -0.39 is 0 Å². The van der Waals surface area contributed by atoms with E-state index in [1.165, 1.54) is 12.1 Å². The molecule has 104 valence electrons. The van der Waals surface area contributed by atoms with E-state index in [2.05, 4.69) is 11.8 Å². The zero-order valence-electron chi connectivity index (χ0n) is 11.4. The van der Waals surface area contributed by atoms with Crippen LogP contribution >= 0.6 is 0 Å². The molecule has 0 aromatic heterocycles. The maximum absolute atomic E-state index is 13.0. The molecule has 1 aliphatic rings. The third kappa shape index (κ3) is 3.61. The second-order valence-corrected chi connectivity index (χ2v) is 5.10. The van der Waals surface area contributed by atoms with Gasteiger partial charge >= 0.3 is 0 Å². The summed E-state index contributed by atoms with van der Waals surface area (Å²) in [6.07, 6.45) is 1.63. The lowest BCUT2D eigenvalue weighted by atomic mass is 10.1. The predicted molar refractivity (Wildman–Crippen MR) is 71.8 cm³/mol. The standard InChI is InChI=1S/C15H20FNO2/c1-11-14(7-9-19-11)17(2)8-6-15(18)12-4-3-5-13(16)10-12/h3-5,10-11,14H,6-9H2,1-2H3. The highest BCUT2D eigenvalue weighted by Crippen LogP contribution is 2.18. The minimum atomic E-state index is -0.364. The van der Waals surface area contributed by atoms with Crippen LogP contribution in [-0.2, 0) is 4.74 Å². The maximum Gasteiger partial charge on any atom is 0.164 e. The zero-order valence-corrected chi connectivity index (χ0v) is 11.4. The van der Waals surface area contributed by atoms with Crippen LogP contribution < -0.4 is 0 Å². The third-order valence-electron chi connectivity index (χ3n) is 3.74. The Kier molecular flexibility index (Phi) is 4.66. The molecule has 0 radical (unpaired) electrons. The first-order chi connectivity index (χ1) is 9.08. The van der Waals surface area contributed by atoms with Gasteiger partial charge in [-0.25, -0.2) is 4.39 Å². The monoisotopic (exact) mass is 265 g/mol. The largest absolute Gasteiger partial charge is 0.377 e. The highest BCUT2D eigenvalue weighted by molar-refractivity contribution is 5.96.